The number of nitrogen functional groups attached to an aromatic ring is 1. The molecule has 0 atom stereocenters. The van der Waals surface area contributed by atoms with Crippen LogP contribution >= 0.6 is 0 Å². The van der Waals surface area contributed by atoms with E-state index in [1.807, 2.05) is 28.8 Å². The van der Waals surface area contributed by atoms with Crippen molar-refractivity contribution in [1.29, 1.82) is 0 Å². The normalized spacial score (nSPS) is 10.7. The van der Waals surface area contributed by atoms with Gasteiger partial charge < -0.3 is 15.4 Å². The fraction of sp³-hybridized carbons (Fsp3) is 0.400. The molecule has 3 aromatic rings. The van der Waals surface area contributed by atoms with Crippen molar-refractivity contribution in [2.75, 3.05) is 30.3 Å². The summed E-state index contributed by atoms with van der Waals surface area (Å²) in [6, 6.07) is 10.5. The van der Waals surface area contributed by atoms with Gasteiger partial charge in [0.05, 0.1) is 18.5 Å². The summed E-state index contributed by atoms with van der Waals surface area (Å²) in [6.45, 7) is 6.83. The van der Waals surface area contributed by atoms with E-state index in [0.29, 0.717) is 24.7 Å². The Bertz CT molecular complexity index is 839. The van der Waals surface area contributed by atoms with Gasteiger partial charge >= 0.3 is 0 Å². The predicted molar refractivity (Wildman–Crippen MR) is 104 cm³/mol. The number of pyridine rings is 1. The molecule has 0 fully saturated rings. The Hall–Kier alpha value is -2.94. The standard InChI is InChI=1S/C20H25N5O/c1-3-9-24(10-4-2)17-13-18(21)23-20(14-17)26-12-8-16-15-22-19-7-5-6-11-25(16)19/h5,7,13-15H,3-4,8-10,12H2,1-2H3,(H2,21,23). The van der Waals surface area contributed by atoms with Crippen molar-refractivity contribution >= 4 is 17.2 Å². The van der Waals surface area contributed by atoms with Crippen LogP contribution in [0, 0.1) is 12.3 Å². The predicted octanol–water partition coefficient (Wildman–Crippen LogP) is 3.16. The molecule has 3 heterocycles. The first-order valence-electron chi connectivity index (χ1n) is 9.11. The number of nitrogens with two attached hydrogens (primary N) is 1. The number of hydrogen-bond acceptors (Lipinski definition) is 5. The second kappa shape index (κ2) is 8.43. The fourth-order valence-electron chi connectivity index (χ4n) is 2.98. The highest BCUT2D eigenvalue weighted by Gasteiger charge is 2.09. The van der Waals surface area contributed by atoms with Crippen LogP contribution in [0.25, 0.3) is 5.65 Å². The molecule has 0 aliphatic rings. The molecule has 0 bridgehead atoms. The van der Waals surface area contributed by atoms with E-state index in [0.717, 1.165) is 43.0 Å². The molecular formula is C20H25N5O. The SMILES string of the molecule is CCCN(CCC)c1cc(N)nc(OCCc2cnc3ccc#cn23)c1. The molecule has 2 N–H and O–H groups in total. The Kier molecular flexibility index (Phi) is 5.80. The lowest BCUT2D eigenvalue weighted by Gasteiger charge is -2.24. The van der Waals surface area contributed by atoms with Crippen LogP contribution in [0.3, 0.4) is 0 Å². The Labute approximate surface area is 154 Å². The number of nitrogens with zero attached hydrogens (tertiary/aromatic N) is 4. The van der Waals surface area contributed by atoms with Crippen molar-refractivity contribution < 1.29 is 4.74 Å². The summed E-state index contributed by atoms with van der Waals surface area (Å²) in [5.74, 6) is 1.04. The smallest absolute Gasteiger partial charge is 0.217 e. The van der Waals surface area contributed by atoms with E-state index in [1.165, 1.54) is 0 Å². The zero-order valence-corrected chi connectivity index (χ0v) is 15.4. The maximum atomic E-state index is 5.99. The summed E-state index contributed by atoms with van der Waals surface area (Å²) in [4.78, 5) is 11.0. The van der Waals surface area contributed by atoms with Crippen molar-refractivity contribution in [3.05, 3.63) is 48.4 Å². The van der Waals surface area contributed by atoms with Crippen molar-refractivity contribution in [2.45, 2.75) is 33.1 Å². The minimum absolute atomic E-state index is 0.479. The van der Waals surface area contributed by atoms with Crippen LogP contribution in [0.15, 0.2) is 30.5 Å². The lowest BCUT2D eigenvalue weighted by atomic mass is 10.3. The summed E-state index contributed by atoms with van der Waals surface area (Å²) in [7, 11) is 0. The van der Waals surface area contributed by atoms with Gasteiger partial charge in [-0.2, -0.15) is 4.98 Å². The Morgan fingerprint density at radius 3 is 2.81 bits per heavy atom. The van der Waals surface area contributed by atoms with Crippen LogP contribution in [-0.2, 0) is 6.42 Å². The minimum Gasteiger partial charge on any atom is -0.477 e. The molecule has 3 aromatic heterocycles. The molecule has 0 aliphatic heterocycles. The van der Waals surface area contributed by atoms with Crippen molar-refractivity contribution in [3.8, 4) is 5.88 Å². The second-order valence-electron chi connectivity index (χ2n) is 6.21. The zero-order valence-electron chi connectivity index (χ0n) is 15.4. The number of fused-ring (bicyclic) bond motifs is 1. The highest BCUT2D eigenvalue weighted by molar-refractivity contribution is 5.55. The Morgan fingerprint density at radius 1 is 1.23 bits per heavy atom. The molecular weight excluding hydrogens is 326 g/mol. The molecule has 136 valence electrons. The largest absolute Gasteiger partial charge is 0.477 e. The van der Waals surface area contributed by atoms with Crippen molar-refractivity contribution in [3.63, 3.8) is 0 Å². The van der Waals surface area contributed by atoms with E-state index in [4.69, 9.17) is 10.5 Å². The number of ether oxygens (including phenoxy) is 1. The average Bonchev–Trinajstić information content (AvgIpc) is 3.04. The van der Waals surface area contributed by atoms with Crippen LogP contribution < -0.4 is 15.4 Å². The lowest BCUT2D eigenvalue weighted by molar-refractivity contribution is 0.308. The molecule has 6 nitrogen and oxygen atoms in total. The third-order valence-corrected chi connectivity index (χ3v) is 4.12. The van der Waals surface area contributed by atoms with Gasteiger partial charge in [-0.05, 0) is 25.0 Å². The molecule has 0 amide bonds. The molecule has 0 saturated carbocycles. The van der Waals surface area contributed by atoms with E-state index in [9.17, 15) is 0 Å². The van der Waals surface area contributed by atoms with Gasteiger partial charge in [-0.1, -0.05) is 19.9 Å². The van der Waals surface area contributed by atoms with Crippen molar-refractivity contribution in [1.82, 2.24) is 14.4 Å². The summed E-state index contributed by atoms with van der Waals surface area (Å²) in [5.41, 5.74) is 8.94. The van der Waals surface area contributed by atoms with Crippen LogP contribution in [0.4, 0.5) is 11.5 Å². The molecule has 0 saturated heterocycles. The quantitative estimate of drug-likeness (QED) is 0.641. The first-order chi connectivity index (χ1) is 12.7. The van der Waals surface area contributed by atoms with Gasteiger partial charge in [-0.15, -0.1) is 0 Å². The van der Waals surface area contributed by atoms with Gasteiger partial charge in [0.1, 0.15) is 11.5 Å². The number of aromatic nitrogens is 3. The van der Waals surface area contributed by atoms with E-state index < -0.39 is 0 Å². The minimum atomic E-state index is 0.479. The summed E-state index contributed by atoms with van der Waals surface area (Å²) in [5, 5.41) is 0. The molecule has 6 heteroatoms. The molecule has 26 heavy (non-hydrogen) atoms. The van der Waals surface area contributed by atoms with Crippen LogP contribution in [-0.4, -0.2) is 34.1 Å². The maximum Gasteiger partial charge on any atom is 0.217 e. The Balaban J connectivity index is 1.67. The van der Waals surface area contributed by atoms with Gasteiger partial charge in [0, 0.05) is 43.5 Å². The molecule has 0 radical (unpaired) electrons. The third kappa shape index (κ3) is 4.17. The van der Waals surface area contributed by atoms with Gasteiger partial charge in [0.25, 0.3) is 0 Å². The average molecular weight is 351 g/mol. The highest BCUT2D eigenvalue weighted by atomic mass is 16.5. The molecule has 0 spiro atoms. The summed E-state index contributed by atoms with van der Waals surface area (Å²) in [6.07, 6.45) is 7.75. The lowest BCUT2D eigenvalue weighted by Crippen LogP contribution is -2.25. The summed E-state index contributed by atoms with van der Waals surface area (Å²) < 4.78 is 7.77. The van der Waals surface area contributed by atoms with E-state index in [2.05, 4.69) is 41.0 Å². The summed E-state index contributed by atoms with van der Waals surface area (Å²) >= 11 is 0. The first kappa shape index (κ1) is 17.9. The number of rotatable bonds is 9. The molecule has 0 unspecified atom stereocenters. The van der Waals surface area contributed by atoms with E-state index >= 15 is 0 Å². The molecule has 3 rings (SSSR count). The third-order valence-electron chi connectivity index (χ3n) is 4.12. The number of hydrogen-bond donors (Lipinski definition) is 1. The topological polar surface area (TPSA) is 68.7 Å². The first-order valence-corrected chi connectivity index (χ1v) is 9.11. The number of anilines is 2. The van der Waals surface area contributed by atoms with E-state index in [-0.39, 0.29) is 0 Å². The Morgan fingerprint density at radius 2 is 2.04 bits per heavy atom. The van der Waals surface area contributed by atoms with Gasteiger partial charge in [0.15, 0.2) is 0 Å². The van der Waals surface area contributed by atoms with E-state index in [1.54, 1.807) is 6.07 Å². The van der Waals surface area contributed by atoms with Crippen molar-refractivity contribution in [2.24, 2.45) is 0 Å². The highest BCUT2D eigenvalue weighted by Crippen LogP contribution is 2.23. The fourth-order valence-corrected chi connectivity index (χ4v) is 2.98. The van der Waals surface area contributed by atoms with Crippen LogP contribution in [0.1, 0.15) is 32.4 Å². The van der Waals surface area contributed by atoms with Crippen LogP contribution in [0.2, 0.25) is 0 Å². The van der Waals surface area contributed by atoms with Gasteiger partial charge in [-0.3, -0.25) is 4.40 Å². The molecule has 0 aromatic carbocycles. The van der Waals surface area contributed by atoms with Crippen LogP contribution in [0.5, 0.6) is 5.88 Å². The molecule has 0 aliphatic carbocycles. The second-order valence-corrected chi connectivity index (χ2v) is 6.21. The van der Waals surface area contributed by atoms with Gasteiger partial charge in [0.2, 0.25) is 5.88 Å². The zero-order chi connectivity index (χ0) is 18.4. The maximum absolute atomic E-state index is 5.99. The monoisotopic (exact) mass is 351 g/mol. The van der Waals surface area contributed by atoms with Gasteiger partial charge in [-0.25, -0.2) is 4.98 Å². The number of imidazole rings is 1.